The van der Waals surface area contributed by atoms with Crippen molar-refractivity contribution in [2.75, 3.05) is 28.4 Å². The van der Waals surface area contributed by atoms with Crippen molar-refractivity contribution in [1.29, 1.82) is 0 Å². The van der Waals surface area contributed by atoms with Gasteiger partial charge in [-0.15, -0.1) is 0 Å². The molecule has 6 nitrogen and oxygen atoms in total. The highest BCUT2D eigenvalue weighted by atomic mass is 16.5. The summed E-state index contributed by atoms with van der Waals surface area (Å²) in [5, 5.41) is 0.447. The first-order valence-corrected chi connectivity index (χ1v) is 7.54. The van der Waals surface area contributed by atoms with Gasteiger partial charge in [0.05, 0.1) is 39.4 Å². The second-order valence-electron chi connectivity index (χ2n) is 5.20. The van der Waals surface area contributed by atoms with E-state index in [1.165, 1.54) is 28.4 Å². The number of methoxy groups -OCH3 is 4. The fraction of sp³-hybridized carbons (Fsp3) is 0.211. The molecule has 6 heteroatoms. The Morgan fingerprint density at radius 2 is 1.44 bits per heavy atom. The van der Waals surface area contributed by atoms with Gasteiger partial charge in [-0.2, -0.15) is 0 Å². The molecule has 1 heterocycles. The van der Waals surface area contributed by atoms with Crippen molar-refractivity contribution in [3.05, 3.63) is 46.6 Å². The van der Waals surface area contributed by atoms with Crippen LogP contribution in [-0.4, -0.2) is 28.4 Å². The monoisotopic (exact) mass is 342 g/mol. The van der Waals surface area contributed by atoms with Gasteiger partial charge in [-0.3, -0.25) is 4.79 Å². The molecule has 0 saturated heterocycles. The molecule has 0 radical (unpaired) electrons. The number of benzene rings is 2. The quantitative estimate of drug-likeness (QED) is 0.707. The summed E-state index contributed by atoms with van der Waals surface area (Å²) in [4.78, 5) is 12.7. The van der Waals surface area contributed by atoms with Gasteiger partial charge in [-0.25, -0.2) is 0 Å². The van der Waals surface area contributed by atoms with Crippen LogP contribution in [0.3, 0.4) is 0 Å². The first kappa shape index (κ1) is 16.7. The van der Waals surface area contributed by atoms with E-state index in [2.05, 4.69) is 0 Å². The number of hydrogen-bond acceptors (Lipinski definition) is 6. The standard InChI is InChI=1S/C19H18O6/c1-21-14-10-16(23-3)15(22-2)9-12(14)18-19(24-4)17(20)11-7-5-6-8-13(11)25-18/h5-10H,1-4H3. The fourth-order valence-corrected chi connectivity index (χ4v) is 2.69. The third kappa shape index (κ3) is 2.76. The normalized spacial score (nSPS) is 10.6. The van der Waals surface area contributed by atoms with Crippen LogP contribution < -0.4 is 24.4 Å². The van der Waals surface area contributed by atoms with E-state index in [9.17, 15) is 4.79 Å². The minimum absolute atomic E-state index is 0.101. The lowest BCUT2D eigenvalue weighted by molar-refractivity contribution is 0.348. The largest absolute Gasteiger partial charge is 0.496 e. The maximum absolute atomic E-state index is 12.7. The van der Waals surface area contributed by atoms with Gasteiger partial charge in [0, 0.05) is 6.07 Å². The lowest BCUT2D eigenvalue weighted by Crippen LogP contribution is -2.08. The zero-order valence-electron chi connectivity index (χ0n) is 14.4. The summed E-state index contributed by atoms with van der Waals surface area (Å²) in [5.41, 5.74) is 0.733. The van der Waals surface area contributed by atoms with Crippen LogP contribution in [0.15, 0.2) is 45.6 Å². The predicted molar refractivity (Wildman–Crippen MR) is 94.1 cm³/mol. The van der Waals surface area contributed by atoms with E-state index in [0.29, 0.717) is 33.8 Å². The number of rotatable bonds is 5. The van der Waals surface area contributed by atoms with Gasteiger partial charge in [-0.05, 0) is 18.2 Å². The fourth-order valence-electron chi connectivity index (χ4n) is 2.69. The summed E-state index contributed by atoms with van der Waals surface area (Å²) in [6.45, 7) is 0. The molecule has 0 aliphatic rings. The molecule has 2 aromatic carbocycles. The Kier molecular flexibility index (Phi) is 4.52. The van der Waals surface area contributed by atoms with Gasteiger partial charge in [0.25, 0.3) is 0 Å². The zero-order valence-corrected chi connectivity index (χ0v) is 14.4. The van der Waals surface area contributed by atoms with E-state index in [1.807, 2.05) is 0 Å². The van der Waals surface area contributed by atoms with Crippen molar-refractivity contribution in [2.45, 2.75) is 0 Å². The van der Waals surface area contributed by atoms with Crippen molar-refractivity contribution in [1.82, 2.24) is 0 Å². The second kappa shape index (κ2) is 6.76. The van der Waals surface area contributed by atoms with Crippen molar-refractivity contribution < 1.29 is 23.4 Å². The first-order valence-electron chi connectivity index (χ1n) is 7.54. The number of para-hydroxylation sites is 1. The van der Waals surface area contributed by atoms with Crippen LogP contribution >= 0.6 is 0 Å². The highest BCUT2D eigenvalue weighted by Crippen LogP contribution is 2.43. The van der Waals surface area contributed by atoms with Crippen LogP contribution in [0.1, 0.15) is 0 Å². The van der Waals surface area contributed by atoms with Crippen molar-refractivity contribution >= 4 is 11.0 Å². The summed E-state index contributed by atoms with van der Waals surface area (Å²) in [6.07, 6.45) is 0. The van der Waals surface area contributed by atoms with Crippen molar-refractivity contribution in [3.8, 4) is 34.3 Å². The van der Waals surface area contributed by atoms with E-state index in [1.54, 1.807) is 36.4 Å². The Balaban J connectivity index is 2.38. The third-order valence-electron chi connectivity index (χ3n) is 3.91. The van der Waals surface area contributed by atoms with Crippen LogP contribution in [0.2, 0.25) is 0 Å². The summed E-state index contributed by atoms with van der Waals surface area (Å²) in [7, 11) is 6.02. The molecular formula is C19H18O6. The van der Waals surface area contributed by atoms with Crippen molar-refractivity contribution in [3.63, 3.8) is 0 Å². The maximum atomic E-state index is 12.7. The van der Waals surface area contributed by atoms with Crippen LogP contribution in [0.25, 0.3) is 22.3 Å². The van der Waals surface area contributed by atoms with E-state index in [0.717, 1.165) is 0 Å². The summed E-state index contributed by atoms with van der Waals surface area (Å²) in [6, 6.07) is 10.4. The molecule has 0 amide bonds. The predicted octanol–water partition coefficient (Wildman–Crippen LogP) is 3.49. The highest BCUT2D eigenvalue weighted by Gasteiger charge is 2.22. The third-order valence-corrected chi connectivity index (χ3v) is 3.91. The topological polar surface area (TPSA) is 67.1 Å². The minimum atomic E-state index is -0.254. The molecule has 0 spiro atoms. The number of hydrogen-bond donors (Lipinski definition) is 0. The van der Waals surface area contributed by atoms with Gasteiger partial charge < -0.3 is 23.4 Å². The molecule has 1 aromatic heterocycles. The Bertz CT molecular complexity index is 974. The lowest BCUT2D eigenvalue weighted by atomic mass is 10.1. The first-order chi connectivity index (χ1) is 12.1. The molecule has 0 aliphatic heterocycles. The highest BCUT2D eigenvalue weighted by molar-refractivity contribution is 5.84. The average Bonchev–Trinajstić information content (AvgIpc) is 2.66. The SMILES string of the molecule is COc1cc(OC)c(-c2oc3ccccc3c(=O)c2OC)cc1OC. The maximum Gasteiger partial charge on any atom is 0.235 e. The molecule has 0 bridgehead atoms. The Labute approximate surface area is 144 Å². The van der Waals surface area contributed by atoms with Crippen LogP contribution in [0.5, 0.6) is 23.0 Å². The van der Waals surface area contributed by atoms with Crippen molar-refractivity contribution in [2.24, 2.45) is 0 Å². The van der Waals surface area contributed by atoms with Crippen LogP contribution in [0.4, 0.5) is 0 Å². The zero-order chi connectivity index (χ0) is 18.0. The van der Waals surface area contributed by atoms with E-state index >= 15 is 0 Å². The Morgan fingerprint density at radius 3 is 2.08 bits per heavy atom. The minimum Gasteiger partial charge on any atom is -0.496 e. The van der Waals surface area contributed by atoms with Crippen LogP contribution in [-0.2, 0) is 0 Å². The van der Waals surface area contributed by atoms with Gasteiger partial charge >= 0.3 is 0 Å². The summed E-state index contributed by atoms with van der Waals surface area (Å²) >= 11 is 0. The lowest BCUT2D eigenvalue weighted by Gasteiger charge is -2.15. The van der Waals surface area contributed by atoms with E-state index in [-0.39, 0.29) is 16.9 Å². The van der Waals surface area contributed by atoms with E-state index in [4.69, 9.17) is 23.4 Å². The average molecular weight is 342 g/mol. The molecule has 130 valence electrons. The molecule has 0 saturated carbocycles. The van der Waals surface area contributed by atoms with E-state index < -0.39 is 0 Å². The van der Waals surface area contributed by atoms with Gasteiger partial charge in [0.1, 0.15) is 11.3 Å². The smallest absolute Gasteiger partial charge is 0.235 e. The number of fused-ring (bicyclic) bond motifs is 1. The van der Waals surface area contributed by atoms with Gasteiger partial charge in [-0.1, -0.05) is 12.1 Å². The summed E-state index contributed by atoms with van der Waals surface area (Å²) < 4.78 is 27.4. The molecule has 0 atom stereocenters. The molecule has 0 fully saturated rings. The summed E-state index contributed by atoms with van der Waals surface area (Å²) in [5.74, 6) is 1.82. The molecule has 0 N–H and O–H groups in total. The molecule has 25 heavy (non-hydrogen) atoms. The number of ether oxygens (including phenoxy) is 4. The van der Waals surface area contributed by atoms with Crippen LogP contribution in [0, 0.1) is 0 Å². The molecule has 0 unspecified atom stereocenters. The van der Waals surface area contributed by atoms with Gasteiger partial charge in [0.15, 0.2) is 17.3 Å². The Morgan fingerprint density at radius 1 is 0.800 bits per heavy atom. The van der Waals surface area contributed by atoms with Gasteiger partial charge in [0.2, 0.25) is 11.2 Å². The molecule has 3 aromatic rings. The molecule has 0 aliphatic carbocycles. The Hall–Kier alpha value is -3.15. The second-order valence-corrected chi connectivity index (χ2v) is 5.20. The molecule has 3 rings (SSSR count). The molecular weight excluding hydrogens is 324 g/mol.